The van der Waals surface area contributed by atoms with E-state index >= 15 is 0 Å². The van der Waals surface area contributed by atoms with Crippen LogP contribution in [0.4, 0.5) is 18.0 Å². The van der Waals surface area contributed by atoms with Gasteiger partial charge in [-0.05, 0) is 20.8 Å². The number of alkyl halides is 3. The summed E-state index contributed by atoms with van der Waals surface area (Å²) in [5.41, 5.74) is -5.66. The van der Waals surface area contributed by atoms with Crippen molar-refractivity contribution < 1.29 is 35.3 Å². The monoisotopic (exact) mass is 369 g/mol. The van der Waals surface area contributed by atoms with E-state index in [1.165, 1.54) is 4.90 Å². The minimum Gasteiger partial charge on any atom is -0.444 e. The molecule has 1 aliphatic heterocycles. The maximum atomic E-state index is 12.3. The van der Waals surface area contributed by atoms with Gasteiger partial charge in [0.15, 0.2) is 0 Å². The second-order valence-electron chi connectivity index (χ2n) is 5.94. The molecule has 1 aliphatic rings. The summed E-state index contributed by atoms with van der Waals surface area (Å²) >= 11 is 0. The Bertz CT molecular complexity index is 758. The molecule has 0 fully saturated rings. The van der Waals surface area contributed by atoms with Crippen molar-refractivity contribution in [1.82, 2.24) is 14.9 Å². The number of halogens is 3. The van der Waals surface area contributed by atoms with E-state index < -0.39 is 33.3 Å². The predicted molar refractivity (Wildman–Crippen MR) is 73.1 cm³/mol. The molecule has 12 heteroatoms. The molecule has 2 heterocycles. The molecule has 1 aromatic rings. The van der Waals surface area contributed by atoms with Crippen molar-refractivity contribution >= 4 is 16.2 Å². The lowest BCUT2D eigenvalue weighted by Crippen LogP contribution is -2.33. The minimum atomic E-state index is -5.85. The fourth-order valence-electron chi connectivity index (χ4n) is 1.78. The molecule has 2 rings (SSSR count). The Labute approximate surface area is 135 Å². The summed E-state index contributed by atoms with van der Waals surface area (Å²) in [4.78, 5) is 20.3. The molecule has 0 bridgehead atoms. The van der Waals surface area contributed by atoms with Crippen LogP contribution < -0.4 is 4.18 Å². The second-order valence-corrected chi connectivity index (χ2v) is 7.48. The minimum absolute atomic E-state index is 0.0603. The highest BCUT2D eigenvalue weighted by Crippen LogP contribution is 2.27. The Morgan fingerprint density at radius 1 is 1.25 bits per heavy atom. The van der Waals surface area contributed by atoms with Crippen LogP contribution in [0.3, 0.4) is 0 Å². The summed E-state index contributed by atoms with van der Waals surface area (Å²) in [6, 6.07) is -0.961. The molecule has 0 saturated carbocycles. The summed E-state index contributed by atoms with van der Waals surface area (Å²) in [6.45, 7) is 5.08. The van der Waals surface area contributed by atoms with E-state index in [9.17, 15) is 26.4 Å². The molecular formula is C12H14F3N3O5S. The third-order valence-corrected chi connectivity index (χ3v) is 3.69. The molecule has 0 spiro atoms. The fraction of sp³-hybridized carbons (Fsp3) is 0.583. The second kappa shape index (κ2) is 5.76. The van der Waals surface area contributed by atoms with Gasteiger partial charge in [-0.3, -0.25) is 4.90 Å². The highest BCUT2D eigenvalue weighted by Gasteiger charge is 2.49. The van der Waals surface area contributed by atoms with Crippen LogP contribution in [0.25, 0.3) is 0 Å². The van der Waals surface area contributed by atoms with Gasteiger partial charge in [-0.1, -0.05) is 0 Å². The number of carbonyl (C=O) groups excluding carboxylic acids is 1. The van der Waals surface area contributed by atoms with Crippen molar-refractivity contribution in [2.75, 3.05) is 0 Å². The molecule has 1 aromatic heterocycles. The normalized spacial score (nSPS) is 15.2. The first-order valence-electron chi connectivity index (χ1n) is 6.62. The maximum Gasteiger partial charge on any atom is 0.534 e. The smallest absolute Gasteiger partial charge is 0.444 e. The molecule has 0 aliphatic carbocycles. The van der Waals surface area contributed by atoms with Crippen LogP contribution >= 0.6 is 0 Å². The van der Waals surface area contributed by atoms with Gasteiger partial charge >= 0.3 is 27.7 Å². The summed E-state index contributed by atoms with van der Waals surface area (Å²) in [5, 5.41) is 0. The molecule has 8 nitrogen and oxygen atoms in total. The van der Waals surface area contributed by atoms with Crippen LogP contribution in [-0.4, -0.2) is 40.5 Å². The summed E-state index contributed by atoms with van der Waals surface area (Å²) in [6.07, 6.45) is 0.472. The molecule has 24 heavy (non-hydrogen) atoms. The summed E-state index contributed by atoms with van der Waals surface area (Å²) in [7, 11) is -5.85. The third-order valence-electron chi connectivity index (χ3n) is 2.75. The van der Waals surface area contributed by atoms with Gasteiger partial charge in [-0.15, -0.1) is 0 Å². The van der Waals surface area contributed by atoms with Crippen LogP contribution in [0.2, 0.25) is 0 Å². The molecule has 0 N–H and O–H groups in total. The highest BCUT2D eigenvalue weighted by atomic mass is 32.2. The van der Waals surface area contributed by atoms with Crippen LogP contribution in [-0.2, 0) is 27.9 Å². The molecule has 1 amide bonds. The number of hydrogen-bond donors (Lipinski definition) is 0. The van der Waals surface area contributed by atoms with Gasteiger partial charge in [0.2, 0.25) is 0 Å². The van der Waals surface area contributed by atoms with Gasteiger partial charge in [0, 0.05) is 11.8 Å². The molecule has 0 unspecified atom stereocenters. The number of hydrogen-bond acceptors (Lipinski definition) is 7. The quantitative estimate of drug-likeness (QED) is 0.580. The van der Waals surface area contributed by atoms with Gasteiger partial charge in [0.1, 0.15) is 5.60 Å². The SMILES string of the molecule is CC(C)(C)OC(=O)N1Cc2cnc(OS(=O)(=O)C(F)(F)F)nc2C1. The van der Waals surface area contributed by atoms with E-state index in [1.807, 2.05) is 0 Å². The van der Waals surface area contributed by atoms with Crippen LogP contribution in [0.15, 0.2) is 6.20 Å². The Balaban J connectivity index is 2.14. The van der Waals surface area contributed by atoms with Crippen LogP contribution in [0.5, 0.6) is 6.01 Å². The number of ether oxygens (including phenoxy) is 1. The fourth-order valence-corrected chi connectivity index (χ4v) is 2.15. The highest BCUT2D eigenvalue weighted by molar-refractivity contribution is 7.87. The van der Waals surface area contributed by atoms with Gasteiger partial charge in [0.05, 0.1) is 18.8 Å². The Hall–Kier alpha value is -2.11. The molecule has 0 saturated heterocycles. The number of carbonyl (C=O) groups is 1. The number of nitrogens with zero attached hydrogens (tertiary/aromatic N) is 3. The average molecular weight is 369 g/mol. The van der Waals surface area contributed by atoms with Crippen molar-refractivity contribution in [2.45, 2.75) is 45.0 Å². The largest absolute Gasteiger partial charge is 0.534 e. The number of aromatic nitrogens is 2. The van der Waals surface area contributed by atoms with E-state index in [2.05, 4.69) is 14.2 Å². The predicted octanol–water partition coefficient (Wildman–Crippen LogP) is 1.96. The Morgan fingerprint density at radius 3 is 2.42 bits per heavy atom. The summed E-state index contributed by atoms with van der Waals surface area (Å²) < 4.78 is 67.7. The lowest BCUT2D eigenvalue weighted by atomic mass is 10.2. The number of rotatable bonds is 2. The average Bonchev–Trinajstić information content (AvgIpc) is 2.78. The molecule has 0 radical (unpaired) electrons. The first-order chi connectivity index (χ1) is 10.8. The standard InChI is InChI=1S/C12H14F3N3O5S/c1-11(2,3)22-10(19)18-5-7-4-16-9(17-8(7)6-18)23-24(20,21)12(13,14)15/h4H,5-6H2,1-3H3. The topological polar surface area (TPSA) is 98.7 Å². The number of fused-ring (bicyclic) bond motifs is 1. The van der Waals surface area contributed by atoms with Gasteiger partial charge < -0.3 is 8.92 Å². The lowest BCUT2D eigenvalue weighted by Gasteiger charge is -2.23. The van der Waals surface area contributed by atoms with Crippen molar-refractivity contribution in [3.05, 3.63) is 17.5 Å². The van der Waals surface area contributed by atoms with Gasteiger partial charge in [-0.2, -0.15) is 26.6 Å². The molecule has 134 valence electrons. The summed E-state index contributed by atoms with van der Waals surface area (Å²) in [5.74, 6) is 0. The van der Waals surface area contributed by atoms with E-state index in [0.717, 1.165) is 6.20 Å². The molecule has 0 atom stereocenters. The van der Waals surface area contributed by atoms with Crippen molar-refractivity contribution in [2.24, 2.45) is 0 Å². The van der Waals surface area contributed by atoms with Gasteiger partial charge in [-0.25, -0.2) is 9.78 Å². The van der Waals surface area contributed by atoms with Crippen molar-refractivity contribution in [1.29, 1.82) is 0 Å². The van der Waals surface area contributed by atoms with E-state index in [-0.39, 0.29) is 18.8 Å². The first-order valence-corrected chi connectivity index (χ1v) is 8.03. The van der Waals surface area contributed by atoms with Gasteiger partial charge in [0.25, 0.3) is 0 Å². The third kappa shape index (κ3) is 4.04. The van der Waals surface area contributed by atoms with Crippen LogP contribution in [0.1, 0.15) is 32.0 Å². The lowest BCUT2D eigenvalue weighted by molar-refractivity contribution is -0.0502. The van der Waals surface area contributed by atoms with E-state index in [1.54, 1.807) is 20.8 Å². The molecular weight excluding hydrogens is 355 g/mol. The van der Waals surface area contributed by atoms with E-state index in [4.69, 9.17) is 4.74 Å². The Morgan fingerprint density at radius 2 is 1.88 bits per heavy atom. The van der Waals surface area contributed by atoms with Crippen molar-refractivity contribution in [3.63, 3.8) is 0 Å². The zero-order chi connectivity index (χ0) is 18.3. The zero-order valence-electron chi connectivity index (χ0n) is 12.9. The van der Waals surface area contributed by atoms with Crippen molar-refractivity contribution in [3.8, 4) is 6.01 Å². The van der Waals surface area contributed by atoms with E-state index in [0.29, 0.717) is 5.56 Å². The number of amides is 1. The zero-order valence-corrected chi connectivity index (χ0v) is 13.7. The first kappa shape index (κ1) is 18.2. The maximum absolute atomic E-state index is 12.3. The molecule has 0 aromatic carbocycles. The Kier molecular flexibility index (Phi) is 4.37. The van der Waals surface area contributed by atoms with Crippen LogP contribution in [0, 0.1) is 0 Å².